The number of esters is 1. The first kappa shape index (κ1) is 9.70. The Labute approximate surface area is 75.6 Å². The zero-order chi connectivity index (χ0) is 9.84. The second-order valence-corrected chi connectivity index (χ2v) is 2.68. The van der Waals surface area contributed by atoms with E-state index in [9.17, 15) is 14.4 Å². The second kappa shape index (κ2) is 4.02. The van der Waals surface area contributed by atoms with Gasteiger partial charge in [-0.2, -0.15) is 0 Å². The Kier molecular flexibility index (Phi) is 3.00. The van der Waals surface area contributed by atoms with Gasteiger partial charge in [0.2, 0.25) is 11.8 Å². The van der Waals surface area contributed by atoms with Crippen molar-refractivity contribution in [1.82, 2.24) is 4.90 Å². The van der Waals surface area contributed by atoms with Crippen molar-refractivity contribution in [2.24, 2.45) is 0 Å². The molecular weight excluding hydrogens is 174 g/mol. The predicted molar refractivity (Wildman–Crippen MR) is 42.6 cm³/mol. The van der Waals surface area contributed by atoms with E-state index >= 15 is 0 Å². The van der Waals surface area contributed by atoms with Gasteiger partial charge in [0.05, 0.1) is 6.61 Å². The third-order valence-corrected chi connectivity index (χ3v) is 1.75. The standard InChI is InChI=1S/C8H11NO4/c1-2-13-8(12)5-9-6(10)3-4-7(9)11/h2-5H2,1H3. The smallest absolute Gasteiger partial charge is 0.326 e. The van der Waals surface area contributed by atoms with Crippen molar-refractivity contribution >= 4 is 17.8 Å². The molecule has 5 heteroatoms. The van der Waals surface area contributed by atoms with E-state index in [2.05, 4.69) is 4.74 Å². The fourth-order valence-corrected chi connectivity index (χ4v) is 1.13. The van der Waals surface area contributed by atoms with Crippen LogP contribution >= 0.6 is 0 Å². The number of ether oxygens (including phenoxy) is 1. The van der Waals surface area contributed by atoms with Crippen molar-refractivity contribution in [3.05, 3.63) is 0 Å². The molecule has 1 heterocycles. The van der Waals surface area contributed by atoms with E-state index in [4.69, 9.17) is 0 Å². The maximum absolute atomic E-state index is 11.0. The summed E-state index contributed by atoms with van der Waals surface area (Å²) in [5, 5.41) is 0. The van der Waals surface area contributed by atoms with E-state index in [1.54, 1.807) is 6.92 Å². The van der Waals surface area contributed by atoms with Crippen molar-refractivity contribution in [3.63, 3.8) is 0 Å². The molecule has 0 aromatic rings. The highest BCUT2D eigenvalue weighted by atomic mass is 16.5. The maximum Gasteiger partial charge on any atom is 0.326 e. The minimum atomic E-state index is -0.536. The molecule has 1 aliphatic rings. The van der Waals surface area contributed by atoms with Crippen molar-refractivity contribution in [2.75, 3.05) is 13.2 Å². The fourth-order valence-electron chi connectivity index (χ4n) is 1.13. The molecule has 1 saturated heterocycles. The van der Waals surface area contributed by atoms with E-state index in [0.717, 1.165) is 4.90 Å². The quantitative estimate of drug-likeness (QED) is 0.447. The van der Waals surface area contributed by atoms with Crippen LogP contribution in [-0.4, -0.2) is 35.8 Å². The van der Waals surface area contributed by atoms with Crippen molar-refractivity contribution < 1.29 is 19.1 Å². The summed E-state index contributed by atoms with van der Waals surface area (Å²) in [7, 11) is 0. The number of nitrogens with zero attached hydrogens (tertiary/aromatic N) is 1. The first-order valence-electron chi connectivity index (χ1n) is 4.14. The van der Waals surface area contributed by atoms with Gasteiger partial charge in [-0.15, -0.1) is 0 Å². The lowest BCUT2D eigenvalue weighted by Gasteiger charge is -2.11. The lowest BCUT2D eigenvalue weighted by atomic mass is 10.4. The summed E-state index contributed by atoms with van der Waals surface area (Å²) >= 11 is 0. The molecule has 13 heavy (non-hydrogen) atoms. The highest BCUT2D eigenvalue weighted by Gasteiger charge is 2.30. The van der Waals surface area contributed by atoms with Gasteiger partial charge in [0.1, 0.15) is 6.54 Å². The number of likely N-dealkylation sites (tertiary alicyclic amines) is 1. The van der Waals surface area contributed by atoms with Gasteiger partial charge in [0, 0.05) is 12.8 Å². The van der Waals surface area contributed by atoms with E-state index < -0.39 is 5.97 Å². The van der Waals surface area contributed by atoms with Crippen LogP contribution in [-0.2, 0) is 19.1 Å². The van der Waals surface area contributed by atoms with Crippen LogP contribution < -0.4 is 0 Å². The molecule has 0 atom stereocenters. The minimum absolute atomic E-state index is 0.207. The number of rotatable bonds is 3. The van der Waals surface area contributed by atoms with Crippen LogP contribution in [0.2, 0.25) is 0 Å². The Hall–Kier alpha value is -1.39. The Morgan fingerprint density at radius 3 is 2.38 bits per heavy atom. The molecule has 0 unspecified atom stereocenters. The topological polar surface area (TPSA) is 63.7 Å². The third-order valence-electron chi connectivity index (χ3n) is 1.75. The molecule has 72 valence electrons. The number of hydrogen-bond acceptors (Lipinski definition) is 4. The van der Waals surface area contributed by atoms with Crippen LogP contribution in [0.1, 0.15) is 19.8 Å². The highest BCUT2D eigenvalue weighted by Crippen LogP contribution is 2.10. The SMILES string of the molecule is CCOC(=O)CN1C(=O)CCC1=O. The first-order valence-corrected chi connectivity index (χ1v) is 4.14. The van der Waals surface area contributed by atoms with Gasteiger partial charge in [0.25, 0.3) is 0 Å². The van der Waals surface area contributed by atoms with Gasteiger partial charge < -0.3 is 4.74 Å². The Balaban J connectivity index is 2.48. The lowest BCUT2D eigenvalue weighted by Crippen LogP contribution is -2.35. The molecule has 1 rings (SSSR count). The average molecular weight is 185 g/mol. The minimum Gasteiger partial charge on any atom is -0.465 e. The van der Waals surface area contributed by atoms with Gasteiger partial charge in [-0.25, -0.2) is 0 Å². The Morgan fingerprint density at radius 2 is 1.92 bits per heavy atom. The zero-order valence-electron chi connectivity index (χ0n) is 7.41. The highest BCUT2D eigenvalue weighted by molar-refractivity contribution is 6.04. The molecule has 0 radical (unpaired) electrons. The number of imide groups is 1. The van der Waals surface area contributed by atoms with Gasteiger partial charge >= 0.3 is 5.97 Å². The summed E-state index contributed by atoms with van der Waals surface area (Å²) in [6, 6.07) is 0. The summed E-state index contributed by atoms with van der Waals surface area (Å²) in [6.07, 6.45) is 0.413. The molecule has 0 bridgehead atoms. The molecule has 0 saturated carbocycles. The van der Waals surface area contributed by atoms with E-state index in [1.165, 1.54) is 0 Å². The van der Waals surface area contributed by atoms with Crippen LogP contribution in [0.25, 0.3) is 0 Å². The van der Waals surface area contributed by atoms with Crippen LogP contribution in [0, 0.1) is 0 Å². The number of hydrogen-bond donors (Lipinski definition) is 0. The molecule has 5 nitrogen and oxygen atoms in total. The van der Waals surface area contributed by atoms with Gasteiger partial charge in [-0.3, -0.25) is 19.3 Å². The molecular formula is C8H11NO4. The predicted octanol–water partition coefficient (Wildman–Crippen LogP) is -0.302. The van der Waals surface area contributed by atoms with Crippen molar-refractivity contribution in [3.8, 4) is 0 Å². The van der Waals surface area contributed by atoms with Crippen LogP contribution in [0.5, 0.6) is 0 Å². The molecule has 0 spiro atoms. The monoisotopic (exact) mass is 185 g/mol. The summed E-state index contributed by atoms with van der Waals surface area (Å²) in [4.78, 5) is 33.9. The maximum atomic E-state index is 11.0. The van der Waals surface area contributed by atoms with Gasteiger partial charge in [-0.05, 0) is 6.92 Å². The number of carbonyl (C=O) groups is 3. The lowest BCUT2D eigenvalue weighted by molar-refractivity contribution is -0.152. The Morgan fingerprint density at radius 1 is 1.38 bits per heavy atom. The fraction of sp³-hybridized carbons (Fsp3) is 0.625. The molecule has 1 fully saturated rings. The van der Waals surface area contributed by atoms with Crippen molar-refractivity contribution in [2.45, 2.75) is 19.8 Å². The molecule has 1 aliphatic heterocycles. The average Bonchev–Trinajstić information content (AvgIpc) is 2.36. The van der Waals surface area contributed by atoms with E-state index in [1.807, 2.05) is 0 Å². The summed E-state index contributed by atoms with van der Waals surface area (Å²) in [5.41, 5.74) is 0. The number of carbonyl (C=O) groups excluding carboxylic acids is 3. The second-order valence-electron chi connectivity index (χ2n) is 2.68. The molecule has 0 aliphatic carbocycles. The molecule has 0 aromatic heterocycles. The van der Waals surface area contributed by atoms with E-state index in [-0.39, 0.29) is 37.8 Å². The van der Waals surface area contributed by atoms with Crippen LogP contribution in [0.15, 0.2) is 0 Å². The molecule has 2 amide bonds. The third kappa shape index (κ3) is 2.27. The summed E-state index contributed by atoms with van der Waals surface area (Å²) < 4.78 is 4.62. The van der Waals surface area contributed by atoms with E-state index in [0.29, 0.717) is 0 Å². The first-order chi connectivity index (χ1) is 6.15. The molecule has 0 N–H and O–H groups in total. The Bertz CT molecular complexity index is 233. The number of amides is 2. The summed E-state index contributed by atoms with van der Waals surface area (Å²) in [5.74, 6) is -1.12. The van der Waals surface area contributed by atoms with Crippen LogP contribution in [0.4, 0.5) is 0 Å². The van der Waals surface area contributed by atoms with Crippen molar-refractivity contribution in [1.29, 1.82) is 0 Å². The van der Waals surface area contributed by atoms with Gasteiger partial charge in [-0.1, -0.05) is 0 Å². The van der Waals surface area contributed by atoms with Gasteiger partial charge in [0.15, 0.2) is 0 Å². The largest absolute Gasteiger partial charge is 0.465 e. The van der Waals surface area contributed by atoms with Crippen LogP contribution in [0.3, 0.4) is 0 Å². The zero-order valence-corrected chi connectivity index (χ0v) is 7.41. The summed E-state index contributed by atoms with van der Waals surface area (Å²) in [6.45, 7) is 1.69. The normalized spacial score (nSPS) is 16.5. The molecule has 0 aromatic carbocycles.